The van der Waals surface area contributed by atoms with Crippen molar-refractivity contribution in [1.29, 1.82) is 0 Å². The molecule has 12 heavy (non-hydrogen) atoms. The number of hydrogen-bond acceptors (Lipinski definition) is 1. The van der Waals surface area contributed by atoms with Gasteiger partial charge in [0.05, 0.1) is 0 Å². The Bertz CT molecular complexity index is 324. The van der Waals surface area contributed by atoms with Gasteiger partial charge in [-0.3, -0.25) is 0 Å². The monoisotopic (exact) mass is 157 g/mol. The van der Waals surface area contributed by atoms with Crippen molar-refractivity contribution in [2.24, 2.45) is 0 Å². The number of H-pyrrole nitrogens is 1. The minimum Gasteiger partial charge on any atom is -0.348 e. The SMILES string of the molecule is [c]1ccccc1Cc1ncc[nH]1. The number of aromatic nitrogens is 2. The fraction of sp³-hybridized carbons (Fsp3) is 0.100. The lowest BCUT2D eigenvalue weighted by Gasteiger charge is -1.95. The highest BCUT2D eigenvalue weighted by Gasteiger charge is 1.95. The number of nitrogens with zero attached hydrogens (tertiary/aromatic N) is 1. The van der Waals surface area contributed by atoms with Gasteiger partial charge in [-0.05, 0) is 11.6 Å². The van der Waals surface area contributed by atoms with Gasteiger partial charge in [0.15, 0.2) is 0 Å². The average Bonchev–Trinajstić information content (AvgIpc) is 2.59. The van der Waals surface area contributed by atoms with Crippen molar-refractivity contribution in [2.45, 2.75) is 6.42 Å². The zero-order valence-corrected chi connectivity index (χ0v) is 6.62. The van der Waals surface area contributed by atoms with E-state index in [2.05, 4.69) is 16.0 Å². The summed E-state index contributed by atoms with van der Waals surface area (Å²) in [5.74, 6) is 0.984. The highest BCUT2D eigenvalue weighted by atomic mass is 14.9. The molecule has 0 amide bonds. The lowest BCUT2D eigenvalue weighted by atomic mass is 10.1. The van der Waals surface area contributed by atoms with E-state index in [9.17, 15) is 0 Å². The van der Waals surface area contributed by atoms with Gasteiger partial charge in [-0.2, -0.15) is 0 Å². The molecule has 0 bridgehead atoms. The lowest BCUT2D eigenvalue weighted by molar-refractivity contribution is 1.02. The third kappa shape index (κ3) is 1.53. The molecule has 1 N–H and O–H groups in total. The van der Waals surface area contributed by atoms with Crippen LogP contribution in [0.5, 0.6) is 0 Å². The molecule has 2 heteroatoms. The maximum absolute atomic E-state index is 4.14. The molecule has 0 spiro atoms. The molecule has 1 radical (unpaired) electrons. The van der Waals surface area contributed by atoms with Crippen molar-refractivity contribution in [3.8, 4) is 0 Å². The highest BCUT2D eigenvalue weighted by Crippen LogP contribution is 2.02. The molecule has 59 valence electrons. The van der Waals surface area contributed by atoms with Gasteiger partial charge in [0, 0.05) is 18.8 Å². The third-order valence-corrected chi connectivity index (χ3v) is 1.69. The maximum atomic E-state index is 4.14. The second-order valence-corrected chi connectivity index (χ2v) is 2.60. The summed E-state index contributed by atoms with van der Waals surface area (Å²) in [6.45, 7) is 0. The smallest absolute Gasteiger partial charge is 0.110 e. The second kappa shape index (κ2) is 3.22. The van der Waals surface area contributed by atoms with E-state index in [1.807, 2.05) is 30.5 Å². The Morgan fingerprint density at radius 2 is 2.42 bits per heavy atom. The van der Waals surface area contributed by atoms with Crippen LogP contribution < -0.4 is 0 Å². The van der Waals surface area contributed by atoms with E-state index in [-0.39, 0.29) is 0 Å². The molecule has 1 heterocycles. The molecule has 0 unspecified atom stereocenters. The van der Waals surface area contributed by atoms with E-state index in [1.165, 1.54) is 0 Å². The third-order valence-electron chi connectivity index (χ3n) is 1.69. The first kappa shape index (κ1) is 7.10. The van der Waals surface area contributed by atoms with Gasteiger partial charge < -0.3 is 4.98 Å². The van der Waals surface area contributed by atoms with Crippen LogP contribution in [-0.2, 0) is 6.42 Å². The van der Waals surface area contributed by atoms with Crippen LogP contribution in [0.15, 0.2) is 36.7 Å². The van der Waals surface area contributed by atoms with Crippen molar-refractivity contribution in [2.75, 3.05) is 0 Å². The fourth-order valence-corrected chi connectivity index (χ4v) is 1.12. The Labute approximate surface area is 71.3 Å². The molecular weight excluding hydrogens is 148 g/mol. The predicted molar refractivity (Wildman–Crippen MR) is 46.7 cm³/mol. The minimum atomic E-state index is 0.827. The largest absolute Gasteiger partial charge is 0.348 e. The summed E-state index contributed by atoms with van der Waals surface area (Å²) in [5.41, 5.74) is 1.16. The standard InChI is InChI=1S/C10H9N2/c1-2-4-9(5-3-1)8-10-11-6-7-12-10/h1-4,6-7H,8H2,(H,11,12). The summed E-state index contributed by atoms with van der Waals surface area (Å²) in [6, 6.07) is 11.1. The summed E-state index contributed by atoms with van der Waals surface area (Å²) in [5, 5.41) is 0. The van der Waals surface area contributed by atoms with E-state index < -0.39 is 0 Å². The molecule has 2 aromatic rings. The molecular formula is C10H9N2. The van der Waals surface area contributed by atoms with Gasteiger partial charge in [-0.1, -0.05) is 24.3 Å². The van der Waals surface area contributed by atoms with Gasteiger partial charge in [-0.15, -0.1) is 0 Å². The van der Waals surface area contributed by atoms with Crippen molar-refractivity contribution < 1.29 is 0 Å². The van der Waals surface area contributed by atoms with Crippen LogP contribution in [0.4, 0.5) is 0 Å². The molecule has 0 fully saturated rings. The van der Waals surface area contributed by atoms with Crippen LogP contribution in [0.3, 0.4) is 0 Å². The fourth-order valence-electron chi connectivity index (χ4n) is 1.12. The Kier molecular flexibility index (Phi) is 1.90. The quantitative estimate of drug-likeness (QED) is 0.707. The van der Waals surface area contributed by atoms with Gasteiger partial charge >= 0.3 is 0 Å². The predicted octanol–water partition coefficient (Wildman–Crippen LogP) is 1.80. The molecule has 2 nitrogen and oxygen atoms in total. The van der Waals surface area contributed by atoms with Crippen molar-refractivity contribution in [1.82, 2.24) is 9.97 Å². The zero-order chi connectivity index (χ0) is 8.23. The molecule has 1 aromatic carbocycles. The molecule has 0 aliphatic carbocycles. The number of rotatable bonds is 2. The summed E-state index contributed by atoms with van der Waals surface area (Å²) in [7, 11) is 0. The zero-order valence-electron chi connectivity index (χ0n) is 6.62. The van der Waals surface area contributed by atoms with E-state index in [4.69, 9.17) is 0 Å². The van der Waals surface area contributed by atoms with Gasteiger partial charge in [0.1, 0.15) is 5.82 Å². The van der Waals surface area contributed by atoms with E-state index in [0.29, 0.717) is 0 Å². The first-order valence-corrected chi connectivity index (χ1v) is 3.89. The Morgan fingerprint density at radius 1 is 1.42 bits per heavy atom. The normalized spacial score (nSPS) is 10.0. The first-order valence-electron chi connectivity index (χ1n) is 3.89. The molecule has 2 rings (SSSR count). The Morgan fingerprint density at radius 3 is 3.08 bits per heavy atom. The van der Waals surface area contributed by atoms with Gasteiger partial charge in [-0.25, -0.2) is 4.98 Å². The molecule has 1 aromatic heterocycles. The maximum Gasteiger partial charge on any atom is 0.110 e. The summed E-state index contributed by atoms with van der Waals surface area (Å²) in [6.07, 6.45) is 4.42. The second-order valence-electron chi connectivity index (χ2n) is 2.60. The Balaban J connectivity index is 2.15. The molecule has 0 saturated heterocycles. The number of benzene rings is 1. The van der Waals surface area contributed by atoms with Crippen LogP contribution in [0.1, 0.15) is 11.4 Å². The number of aromatic amines is 1. The number of hydrogen-bond donors (Lipinski definition) is 1. The van der Waals surface area contributed by atoms with Crippen LogP contribution >= 0.6 is 0 Å². The molecule has 0 aliphatic rings. The topological polar surface area (TPSA) is 28.7 Å². The van der Waals surface area contributed by atoms with Crippen LogP contribution in [0.25, 0.3) is 0 Å². The number of imidazole rings is 1. The highest BCUT2D eigenvalue weighted by molar-refractivity contribution is 5.17. The molecule has 0 atom stereocenters. The number of nitrogens with one attached hydrogen (secondary N) is 1. The first-order chi connectivity index (χ1) is 5.95. The molecule has 0 aliphatic heterocycles. The van der Waals surface area contributed by atoms with Gasteiger partial charge in [0.25, 0.3) is 0 Å². The van der Waals surface area contributed by atoms with Crippen LogP contribution in [-0.4, -0.2) is 9.97 Å². The van der Waals surface area contributed by atoms with Crippen molar-refractivity contribution in [3.63, 3.8) is 0 Å². The lowest BCUT2D eigenvalue weighted by Crippen LogP contribution is -1.89. The summed E-state index contributed by atoms with van der Waals surface area (Å²) >= 11 is 0. The van der Waals surface area contributed by atoms with Crippen LogP contribution in [0.2, 0.25) is 0 Å². The van der Waals surface area contributed by atoms with Crippen molar-refractivity contribution >= 4 is 0 Å². The van der Waals surface area contributed by atoms with Crippen LogP contribution in [0, 0.1) is 6.07 Å². The van der Waals surface area contributed by atoms with E-state index in [1.54, 1.807) is 6.20 Å². The molecule has 0 saturated carbocycles. The summed E-state index contributed by atoms with van der Waals surface area (Å²) in [4.78, 5) is 7.19. The summed E-state index contributed by atoms with van der Waals surface area (Å²) < 4.78 is 0. The van der Waals surface area contributed by atoms with E-state index >= 15 is 0 Å². The minimum absolute atomic E-state index is 0.827. The van der Waals surface area contributed by atoms with Gasteiger partial charge in [0.2, 0.25) is 0 Å². The average molecular weight is 157 g/mol. The van der Waals surface area contributed by atoms with E-state index in [0.717, 1.165) is 17.8 Å². The van der Waals surface area contributed by atoms with Crippen molar-refractivity contribution in [3.05, 3.63) is 54.1 Å². The Hall–Kier alpha value is -1.57.